The van der Waals surface area contributed by atoms with E-state index < -0.39 is 0 Å². The Morgan fingerprint density at radius 1 is 1.28 bits per heavy atom. The van der Waals surface area contributed by atoms with E-state index in [0.29, 0.717) is 0 Å². The second-order valence-electron chi connectivity index (χ2n) is 5.04. The molecule has 1 heterocycles. The van der Waals surface area contributed by atoms with Gasteiger partial charge in [-0.05, 0) is 51.2 Å². The number of likely N-dealkylation sites (N-methyl/N-ethyl adjacent to an activating group) is 1. The summed E-state index contributed by atoms with van der Waals surface area (Å²) in [6.07, 6.45) is 0. The van der Waals surface area contributed by atoms with Crippen LogP contribution in [0.5, 0.6) is 0 Å². The molecule has 0 fully saturated rings. The number of rotatable bonds is 3. The van der Waals surface area contributed by atoms with Gasteiger partial charge in [-0.15, -0.1) is 0 Å². The van der Waals surface area contributed by atoms with Crippen molar-refractivity contribution in [2.75, 3.05) is 20.6 Å². The first kappa shape index (κ1) is 12.7. The Morgan fingerprint density at radius 3 is 2.61 bits per heavy atom. The molecule has 94 valence electrons. The molecule has 1 aromatic carbocycles. The smallest absolute Gasteiger partial charge is 0.121 e. The zero-order chi connectivity index (χ0) is 13.3. The average Bonchev–Trinajstić information content (AvgIpc) is 2.69. The van der Waals surface area contributed by atoms with E-state index in [1.807, 2.05) is 20.2 Å². The topological polar surface area (TPSA) is 32.0 Å². The molecule has 0 aliphatic heterocycles. The van der Waals surface area contributed by atoms with E-state index in [4.69, 9.17) is 0 Å². The van der Waals surface area contributed by atoms with Crippen molar-refractivity contribution < 1.29 is 0 Å². The van der Waals surface area contributed by atoms with Crippen molar-refractivity contribution in [3.63, 3.8) is 0 Å². The first-order chi connectivity index (χ1) is 8.54. The molecule has 2 rings (SSSR count). The van der Waals surface area contributed by atoms with Gasteiger partial charge in [0, 0.05) is 24.0 Å². The highest BCUT2D eigenvalue weighted by molar-refractivity contribution is 5.86. The van der Waals surface area contributed by atoms with Gasteiger partial charge < -0.3 is 9.47 Å². The first-order valence-corrected chi connectivity index (χ1v) is 6.19. The number of hydrogen-bond donors (Lipinski definition) is 0. The molecule has 0 unspecified atom stereocenters. The molecule has 0 bridgehead atoms. The fourth-order valence-corrected chi connectivity index (χ4v) is 2.22. The Morgan fingerprint density at radius 2 is 2.00 bits per heavy atom. The number of aryl methyl sites for hydroxylation is 2. The van der Waals surface area contributed by atoms with Crippen molar-refractivity contribution in [2.24, 2.45) is 0 Å². The van der Waals surface area contributed by atoms with E-state index in [9.17, 15) is 5.26 Å². The lowest BCUT2D eigenvalue weighted by molar-refractivity contribution is 0.386. The fourth-order valence-electron chi connectivity index (χ4n) is 2.22. The Labute approximate surface area is 108 Å². The van der Waals surface area contributed by atoms with Gasteiger partial charge in [0.1, 0.15) is 11.8 Å². The average molecular weight is 241 g/mol. The molecule has 0 aliphatic carbocycles. The normalized spacial score (nSPS) is 11.1. The highest BCUT2D eigenvalue weighted by Crippen LogP contribution is 2.25. The van der Waals surface area contributed by atoms with Gasteiger partial charge in [0.25, 0.3) is 0 Å². The zero-order valence-corrected chi connectivity index (χ0v) is 11.5. The quantitative estimate of drug-likeness (QED) is 0.827. The summed E-state index contributed by atoms with van der Waals surface area (Å²) < 4.78 is 2.11. The minimum absolute atomic E-state index is 0.751. The van der Waals surface area contributed by atoms with Crippen molar-refractivity contribution in [3.05, 3.63) is 35.0 Å². The zero-order valence-electron chi connectivity index (χ0n) is 11.5. The number of aromatic nitrogens is 1. The van der Waals surface area contributed by atoms with Crippen LogP contribution in [0.4, 0.5) is 0 Å². The molecule has 3 heteroatoms. The Hall–Kier alpha value is -1.79. The van der Waals surface area contributed by atoms with Crippen LogP contribution in [-0.2, 0) is 6.54 Å². The summed E-state index contributed by atoms with van der Waals surface area (Å²) in [5.74, 6) is 0. The molecule has 0 radical (unpaired) electrons. The number of nitriles is 1. The van der Waals surface area contributed by atoms with Crippen molar-refractivity contribution in [1.82, 2.24) is 9.47 Å². The van der Waals surface area contributed by atoms with Gasteiger partial charge in [0.2, 0.25) is 0 Å². The summed E-state index contributed by atoms with van der Waals surface area (Å²) in [4.78, 5) is 2.13. The van der Waals surface area contributed by atoms with E-state index in [2.05, 4.69) is 41.5 Å². The molecular formula is C15H19N3. The maximum atomic E-state index is 9.26. The summed E-state index contributed by atoms with van der Waals surface area (Å²) in [6, 6.07) is 8.56. The Balaban J connectivity index is 2.57. The number of benzene rings is 1. The molecule has 0 saturated carbocycles. The van der Waals surface area contributed by atoms with E-state index in [-0.39, 0.29) is 0 Å². The van der Waals surface area contributed by atoms with E-state index in [1.165, 1.54) is 16.5 Å². The molecule has 0 atom stereocenters. The van der Waals surface area contributed by atoms with Crippen LogP contribution >= 0.6 is 0 Å². The van der Waals surface area contributed by atoms with Gasteiger partial charge in [0.15, 0.2) is 0 Å². The van der Waals surface area contributed by atoms with Crippen LogP contribution in [0.3, 0.4) is 0 Å². The Bertz CT molecular complexity index is 615. The van der Waals surface area contributed by atoms with E-state index in [1.54, 1.807) is 0 Å². The van der Waals surface area contributed by atoms with Gasteiger partial charge in [-0.25, -0.2) is 0 Å². The van der Waals surface area contributed by atoms with Crippen molar-refractivity contribution >= 4 is 10.9 Å². The summed E-state index contributed by atoms with van der Waals surface area (Å²) in [6.45, 7) is 6.01. The number of hydrogen-bond acceptors (Lipinski definition) is 2. The standard InChI is InChI=1S/C15H19N3/c1-11-5-6-15-14(12(11)2)9-13(10-16)18(15)8-7-17(3)4/h5-6,9H,7-8H2,1-4H3. The molecule has 2 aromatic rings. The lowest BCUT2D eigenvalue weighted by Gasteiger charge is -2.12. The van der Waals surface area contributed by atoms with Crippen LogP contribution in [0.15, 0.2) is 18.2 Å². The molecule has 1 aromatic heterocycles. The van der Waals surface area contributed by atoms with Crippen LogP contribution in [0.25, 0.3) is 10.9 Å². The third-order valence-electron chi connectivity index (χ3n) is 3.51. The largest absolute Gasteiger partial charge is 0.331 e. The monoisotopic (exact) mass is 241 g/mol. The molecule has 0 aliphatic rings. The minimum atomic E-state index is 0.751. The maximum absolute atomic E-state index is 9.26. The predicted molar refractivity (Wildman–Crippen MR) is 74.7 cm³/mol. The lowest BCUT2D eigenvalue weighted by atomic mass is 10.1. The molecule has 3 nitrogen and oxygen atoms in total. The summed E-state index contributed by atoms with van der Waals surface area (Å²) >= 11 is 0. The maximum Gasteiger partial charge on any atom is 0.121 e. The van der Waals surface area contributed by atoms with Crippen LogP contribution in [-0.4, -0.2) is 30.1 Å². The second-order valence-corrected chi connectivity index (χ2v) is 5.04. The van der Waals surface area contributed by atoms with Crippen LogP contribution in [0.2, 0.25) is 0 Å². The molecule has 0 saturated heterocycles. The highest BCUT2D eigenvalue weighted by atomic mass is 15.1. The Kier molecular flexibility index (Phi) is 3.40. The van der Waals surface area contributed by atoms with Gasteiger partial charge >= 0.3 is 0 Å². The summed E-state index contributed by atoms with van der Waals surface area (Å²) in [7, 11) is 4.10. The fraction of sp³-hybridized carbons (Fsp3) is 0.400. The summed E-state index contributed by atoms with van der Waals surface area (Å²) in [5.41, 5.74) is 4.46. The van der Waals surface area contributed by atoms with Crippen molar-refractivity contribution in [2.45, 2.75) is 20.4 Å². The SMILES string of the molecule is Cc1ccc2c(cc(C#N)n2CCN(C)C)c1C. The third-order valence-corrected chi connectivity index (χ3v) is 3.51. The van der Waals surface area contributed by atoms with E-state index >= 15 is 0 Å². The molecule has 0 amide bonds. The van der Waals surface area contributed by atoms with Gasteiger partial charge in [0.05, 0.1) is 0 Å². The van der Waals surface area contributed by atoms with Crippen LogP contribution in [0, 0.1) is 25.2 Å². The lowest BCUT2D eigenvalue weighted by Crippen LogP contribution is -2.18. The molecule has 0 spiro atoms. The van der Waals surface area contributed by atoms with Crippen LogP contribution < -0.4 is 0 Å². The van der Waals surface area contributed by atoms with Crippen LogP contribution in [0.1, 0.15) is 16.8 Å². The molecule has 0 N–H and O–H groups in total. The van der Waals surface area contributed by atoms with Crippen molar-refractivity contribution in [1.29, 1.82) is 5.26 Å². The molecule has 18 heavy (non-hydrogen) atoms. The predicted octanol–water partition coefficient (Wildman–Crippen LogP) is 2.69. The highest BCUT2D eigenvalue weighted by Gasteiger charge is 2.11. The second kappa shape index (κ2) is 4.83. The van der Waals surface area contributed by atoms with Gasteiger partial charge in [-0.2, -0.15) is 5.26 Å². The van der Waals surface area contributed by atoms with Crippen molar-refractivity contribution in [3.8, 4) is 6.07 Å². The molecular weight excluding hydrogens is 222 g/mol. The van der Waals surface area contributed by atoms with E-state index in [0.717, 1.165) is 24.3 Å². The minimum Gasteiger partial charge on any atom is -0.331 e. The third kappa shape index (κ3) is 2.12. The van der Waals surface area contributed by atoms with Gasteiger partial charge in [-0.3, -0.25) is 0 Å². The van der Waals surface area contributed by atoms with Gasteiger partial charge in [-0.1, -0.05) is 6.07 Å². The first-order valence-electron chi connectivity index (χ1n) is 6.19. The number of nitrogens with zero attached hydrogens (tertiary/aromatic N) is 3. The summed E-state index contributed by atoms with van der Waals surface area (Å²) in [5, 5.41) is 10.5. The number of fused-ring (bicyclic) bond motifs is 1.